The summed E-state index contributed by atoms with van der Waals surface area (Å²) in [5.74, 6) is -0.818. The lowest BCUT2D eigenvalue weighted by atomic mass is 10.3. The van der Waals surface area contributed by atoms with Crippen LogP contribution in [-0.2, 0) is 14.2 Å². The Morgan fingerprint density at radius 2 is 1.33 bits per heavy atom. The van der Waals surface area contributed by atoms with Gasteiger partial charge in [0.25, 0.3) is 0 Å². The van der Waals surface area contributed by atoms with Crippen LogP contribution in [0.5, 0.6) is 0 Å². The van der Waals surface area contributed by atoms with Gasteiger partial charge in [-0.2, -0.15) is 0 Å². The molecule has 0 heterocycles. The van der Waals surface area contributed by atoms with Crippen molar-refractivity contribution in [3.05, 3.63) is 6.92 Å². The van der Waals surface area contributed by atoms with E-state index in [-0.39, 0.29) is 0 Å². The van der Waals surface area contributed by atoms with Gasteiger partial charge in [0.05, 0.1) is 0 Å². The zero-order chi connectivity index (χ0) is 11.6. The molecule has 0 aromatic rings. The molecule has 0 unspecified atom stereocenters. The monoisotopic (exact) mass is 217 g/mol. The molecule has 15 heavy (non-hydrogen) atoms. The van der Waals surface area contributed by atoms with E-state index in [0.717, 1.165) is 25.9 Å². The van der Waals surface area contributed by atoms with Gasteiger partial charge in [-0.3, -0.25) is 0 Å². The Balaban J connectivity index is 3.89. The Hall–Kier alpha value is -0.120. The molecule has 0 bridgehead atoms. The third kappa shape index (κ3) is 7.77. The van der Waals surface area contributed by atoms with Crippen molar-refractivity contribution in [2.75, 3.05) is 26.4 Å². The number of hydrogen-bond acceptors (Lipinski definition) is 3. The average Bonchev–Trinajstić information content (AvgIpc) is 2.24. The van der Waals surface area contributed by atoms with Crippen molar-refractivity contribution in [1.29, 1.82) is 0 Å². The topological polar surface area (TPSA) is 27.7 Å². The Bertz CT molecular complexity index is 129. The summed E-state index contributed by atoms with van der Waals surface area (Å²) >= 11 is 0. The zero-order valence-electron chi connectivity index (χ0n) is 10.4. The molecule has 0 aliphatic carbocycles. The first-order valence-corrected chi connectivity index (χ1v) is 5.89. The molecule has 0 aromatic heterocycles. The molecule has 0 rings (SSSR count). The summed E-state index contributed by atoms with van der Waals surface area (Å²) in [4.78, 5) is 0. The van der Waals surface area contributed by atoms with E-state index in [2.05, 4.69) is 27.7 Å². The predicted octanol–water partition coefficient (Wildman–Crippen LogP) is 2.80. The zero-order valence-corrected chi connectivity index (χ0v) is 10.4. The summed E-state index contributed by atoms with van der Waals surface area (Å²) in [7, 11) is 0. The molecule has 0 fully saturated rings. The van der Waals surface area contributed by atoms with Crippen LogP contribution in [-0.4, -0.2) is 32.2 Å². The third-order valence-corrected chi connectivity index (χ3v) is 1.81. The Labute approximate surface area is 94.1 Å². The van der Waals surface area contributed by atoms with Gasteiger partial charge in [-0.05, 0) is 19.3 Å². The van der Waals surface area contributed by atoms with Crippen LogP contribution in [0.15, 0.2) is 0 Å². The van der Waals surface area contributed by atoms with Crippen molar-refractivity contribution in [1.82, 2.24) is 0 Å². The molecule has 91 valence electrons. The second kappa shape index (κ2) is 9.13. The van der Waals surface area contributed by atoms with Crippen LogP contribution >= 0.6 is 0 Å². The molecule has 3 nitrogen and oxygen atoms in total. The molecular weight excluding hydrogens is 192 g/mol. The smallest absolute Gasteiger partial charge is 0.191 e. The van der Waals surface area contributed by atoms with Crippen molar-refractivity contribution >= 4 is 0 Å². The van der Waals surface area contributed by atoms with Gasteiger partial charge < -0.3 is 14.2 Å². The van der Waals surface area contributed by atoms with Gasteiger partial charge in [-0.25, -0.2) is 0 Å². The second-order valence-electron chi connectivity index (χ2n) is 3.66. The number of hydrogen-bond donors (Lipinski definition) is 0. The van der Waals surface area contributed by atoms with E-state index in [1.54, 1.807) is 0 Å². The molecule has 0 aliphatic heterocycles. The fraction of sp³-hybridized carbons (Fsp3) is 0.917. The summed E-state index contributed by atoms with van der Waals surface area (Å²) in [5.41, 5.74) is 0. The molecule has 0 saturated carbocycles. The van der Waals surface area contributed by atoms with E-state index >= 15 is 0 Å². The SMILES string of the molecule is [CH2]C(COCCC)(OCCC)OCCC. The lowest BCUT2D eigenvalue weighted by Crippen LogP contribution is -2.38. The van der Waals surface area contributed by atoms with Crippen molar-refractivity contribution in [2.45, 2.75) is 45.8 Å². The summed E-state index contributed by atoms with van der Waals surface area (Å²) in [6.45, 7) is 12.6. The van der Waals surface area contributed by atoms with E-state index < -0.39 is 5.79 Å². The van der Waals surface area contributed by atoms with Gasteiger partial charge in [0.15, 0.2) is 5.79 Å². The summed E-state index contributed by atoms with van der Waals surface area (Å²) < 4.78 is 16.6. The van der Waals surface area contributed by atoms with Gasteiger partial charge in [-0.15, -0.1) is 0 Å². The average molecular weight is 217 g/mol. The van der Waals surface area contributed by atoms with Crippen LogP contribution in [0.3, 0.4) is 0 Å². The summed E-state index contributed by atoms with van der Waals surface area (Å²) in [6.07, 6.45) is 2.92. The molecule has 0 saturated heterocycles. The van der Waals surface area contributed by atoms with Crippen LogP contribution in [0.4, 0.5) is 0 Å². The quantitative estimate of drug-likeness (QED) is 0.416. The minimum absolute atomic E-state index is 0.404. The molecule has 0 aromatic carbocycles. The fourth-order valence-electron chi connectivity index (χ4n) is 1.07. The first kappa shape index (κ1) is 14.9. The highest BCUT2D eigenvalue weighted by Crippen LogP contribution is 2.13. The second-order valence-corrected chi connectivity index (χ2v) is 3.66. The van der Waals surface area contributed by atoms with Crippen molar-refractivity contribution in [3.8, 4) is 0 Å². The molecule has 0 amide bonds. The third-order valence-electron chi connectivity index (χ3n) is 1.81. The Morgan fingerprint density at radius 3 is 1.73 bits per heavy atom. The standard InChI is InChI=1S/C12H25O3/c1-5-8-13-11-12(4,14-9-6-2)15-10-7-3/h4-11H2,1-3H3. The van der Waals surface area contributed by atoms with Crippen molar-refractivity contribution in [3.63, 3.8) is 0 Å². The molecule has 0 spiro atoms. The van der Waals surface area contributed by atoms with Crippen molar-refractivity contribution < 1.29 is 14.2 Å². The molecular formula is C12H25O3. The molecule has 1 radical (unpaired) electrons. The lowest BCUT2D eigenvalue weighted by Gasteiger charge is -2.29. The van der Waals surface area contributed by atoms with Crippen LogP contribution in [0.25, 0.3) is 0 Å². The highest BCUT2D eigenvalue weighted by atomic mass is 16.7. The fourth-order valence-corrected chi connectivity index (χ4v) is 1.07. The van der Waals surface area contributed by atoms with Gasteiger partial charge in [0.1, 0.15) is 6.61 Å². The van der Waals surface area contributed by atoms with E-state index in [1.807, 2.05) is 0 Å². The van der Waals surface area contributed by atoms with Crippen molar-refractivity contribution in [2.24, 2.45) is 0 Å². The molecule has 0 aliphatic rings. The van der Waals surface area contributed by atoms with Gasteiger partial charge in [0, 0.05) is 26.7 Å². The van der Waals surface area contributed by atoms with E-state index in [9.17, 15) is 0 Å². The number of ether oxygens (including phenoxy) is 3. The van der Waals surface area contributed by atoms with E-state index in [0.29, 0.717) is 19.8 Å². The maximum Gasteiger partial charge on any atom is 0.191 e. The number of rotatable bonds is 10. The Kier molecular flexibility index (Phi) is 9.06. The first-order chi connectivity index (χ1) is 7.18. The molecule has 0 atom stereocenters. The minimum Gasteiger partial charge on any atom is -0.376 e. The van der Waals surface area contributed by atoms with Gasteiger partial charge >= 0.3 is 0 Å². The predicted molar refractivity (Wildman–Crippen MR) is 61.7 cm³/mol. The lowest BCUT2D eigenvalue weighted by molar-refractivity contribution is -0.232. The summed E-state index contributed by atoms with van der Waals surface area (Å²) in [5, 5.41) is 0. The maximum atomic E-state index is 5.57. The van der Waals surface area contributed by atoms with Gasteiger partial charge in [0.2, 0.25) is 0 Å². The highest BCUT2D eigenvalue weighted by molar-refractivity contribution is 4.72. The highest BCUT2D eigenvalue weighted by Gasteiger charge is 2.25. The van der Waals surface area contributed by atoms with Crippen LogP contribution in [0.1, 0.15) is 40.0 Å². The van der Waals surface area contributed by atoms with Crippen LogP contribution in [0.2, 0.25) is 0 Å². The van der Waals surface area contributed by atoms with Crippen LogP contribution < -0.4 is 0 Å². The van der Waals surface area contributed by atoms with E-state index in [4.69, 9.17) is 14.2 Å². The normalized spacial score (nSPS) is 12.0. The first-order valence-electron chi connectivity index (χ1n) is 5.89. The minimum atomic E-state index is -0.818. The van der Waals surface area contributed by atoms with Crippen LogP contribution in [0, 0.1) is 6.92 Å². The largest absolute Gasteiger partial charge is 0.376 e. The Morgan fingerprint density at radius 1 is 0.867 bits per heavy atom. The molecule has 0 N–H and O–H groups in total. The molecule has 3 heteroatoms. The van der Waals surface area contributed by atoms with E-state index in [1.165, 1.54) is 0 Å². The van der Waals surface area contributed by atoms with Gasteiger partial charge in [-0.1, -0.05) is 20.8 Å². The summed E-state index contributed by atoms with van der Waals surface area (Å²) in [6, 6.07) is 0. The maximum absolute atomic E-state index is 5.57.